The van der Waals surface area contributed by atoms with Crippen LogP contribution in [0.1, 0.15) is 10.4 Å². The fourth-order valence-corrected chi connectivity index (χ4v) is 4.61. The van der Waals surface area contributed by atoms with Crippen molar-refractivity contribution in [3.8, 4) is 0 Å². The highest BCUT2D eigenvalue weighted by Crippen LogP contribution is 2.33. The molecule has 31 heavy (non-hydrogen) atoms. The van der Waals surface area contributed by atoms with Gasteiger partial charge >= 0.3 is 5.69 Å². The molecule has 0 radical (unpaired) electrons. The van der Waals surface area contributed by atoms with Gasteiger partial charge in [0.2, 0.25) is 0 Å². The molecule has 5 rings (SSSR count). The predicted molar refractivity (Wildman–Crippen MR) is 127 cm³/mol. The van der Waals surface area contributed by atoms with Crippen LogP contribution in [0.25, 0.3) is 22.1 Å². The number of benzene rings is 2. The summed E-state index contributed by atoms with van der Waals surface area (Å²) in [6.07, 6.45) is 0. The molecule has 2 aromatic heterocycles. The molecule has 1 aliphatic rings. The van der Waals surface area contributed by atoms with E-state index in [2.05, 4.69) is 25.3 Å². The van der Waals surface area contributed by atoms with Crippen LogP contribution in [0.15, 0.2) is 45.2 Å². The van der Waals surface area contributed by atoms with Crippen LogP contribution >= 0.6 is 48.2 Å². The lowest BCUT2D eigenvalue weighted by molar-refractivity contribution is 0.0735. The fraction of sp³-hybridized carbons (Fsp3) is 0.211. The first-order chi connectivity index (χ1) is 14.1. The number of piperazine rings is 1. The van der Waals surface area contributed by atoms with Crippen LogP contribution in [0.5, 0.6) is 0 Å². The summed E-state index contributed by atoms with van der Waals surface area (Å²) in [6.45, 7) is 2.87. The zero-order valence-electron chi connectivity index (χ0n) is 16.0. The smallest absolute Gasteiger partial charge is 0.323 e. The number of nitrogens with one attached hydrogen (secondary N) is 4. The number of hydrogen-bond donors (Lipinski definition) is 4. The van der Waals surface area contributed by atoms with Crippen LogP contribution < -0.4 is 11.0 Å². The Morgan fingerprint density at radius 2 is 1.81 bits per heavy atom. The van der Waals surface area contributed by atoms with E-state index < -0.39 is 0 Å². The maximum atomic E-state index is 13.0. The topological polar surface area (TPSA) is 110 Å². The zero-order chi connectivity index (χ0) is 20.0. The Kier molecular flexibility index (Phi) is 7.23. The standard InChI is InChI=1S/C19H17ClN6O2S.2ClH/c20-11-1-2-12-13(9-11)24-19(23-12)29-15-8-10(7-14-16(15)25-18(28)22-14)17(27)26-5-3-21-4-6-26;;/h1-2,7-9,21H,3-6H2,(H,23,24)(H2,22,25,28);2*1H. The first kappa shape index (κ1) is 23.5. The van der Waals surface area contributed by atoms with Crippen LogP contribution in [-0.4, -0.2) is 56.9 Å². The van der Waals surface area contributed by atoms with E-state index in [4.69, 9.17) is 11.6 Å². The first-order valence-corrected chi connectivity index (χ1v) is 10.4. The van der Waals surface area contributed by atoms with Crippen molar-refractivity contribution in [2.45, 2.75) is 10.1 Å². The monoisotopic (exact) mass is 500 g/mol. The number of aromatic nitrogens is 4. The van der Waals surface area contributed by atoms with Gasteiger partial charge in [0.25, 0.3) is 5.91 Å². The van der Waals surface area contributed by atoms with Crippen molar-refractivity contribution in [2.75, 3.05) is 26.2 Å². The molecule has 12 heteroatoms. The first-order valence-electron chi connectivity index (χ1n) is 9.16. The van der Waals surface area contributed by atoms with Gasteiger partial charge in [0.1, 0.15) is 0 Å². The second-order valence-electron chi connectivity index (χ2n) is 6.82. The summed E-state index contributed by atoms with van der Waals surface area (Å²) in [7, 11) is 0. The highest BCUT2D eigenvalue weighted by Gasteiger charge is 2.21. The molecule has 0 bridgehead atoms. The van der Waals surface area contributed by atoms with Crippen LogP contribution in [0.3, 0.4) is 0 Å². The number of carbonyl (C=O) groups is 1. The summed E-state index contributed by atoms with van der Waals surface area (Å²) in [4.78, 5) is 40.8. The Labute approximate surface area is 198 Å². The summed E-state index contributed by atoms with van der Waals surface area (Å²) < 4.78 is 0. The van der Waals surface area contributed by atoms with Gasteiger partial charge in [-0.05, 0) is 42.1 Å². The molecule has 164 valence electrons. The van der Waals surface area contributed by atoms with E-state index in [1.807, 2.05) is 17.0 Å². The molecule has 0 unspecified atom stereocenters. The molecular formula is C19H19Cl3N6O2S. The molecular weight excluding hydrogens is 483 g/mol. The molecule has 2 aromatic carbocycles. The van der Waals surface area contributed by atoms with Gasteiger partial charge < -0.3 is 25.2 Å². The highest BCUT2D eigenvalue weighted by molar-refractivity contribution is 7.99. The fourth-order valence-electron chi connectivity index (χ4n) is 3.48. The largest absolute Gasteiger partial charge is 0.336 e. The number of aromatic amines is 3. The molecule has 0 aliphatic carbocycles. The van der Waals surface area contributed by atoms with Gasteiger partial charge in [-0.25, -0.2) is 9.78 Å². The minimum Gasteiger partial charge on any atom is -0.336 e. The van der Waals surface area contributed by atoms with Gasteiger partial charge in [0.15, 0.2) is 5.16 Å². The summed E-state index contributed by atoms with van der Waals surface area (Å²) in [5.41, 5.74) is 3.09. The molecule has 4 N–H and O–H groups in total. The van der Waals surface area contributed by atoms with Crippen LogP contribution in [0.4, 0.5) is 0 Å². The minimum absolute atomic E-state index is 0. The molecule has 0 saturated carbocycles. The molecule has 0 atom stereocenters. The second-order valence-corrected chi connectivity index (χ2v) is 8.29. The third-order valence-corrected chi connectivity index (χ3v) is 6.03. The summed E-state index contributed by atoms with van der Waals surface area (Å²) >= 11 is 7.41. The number of halogens is 3. The maximum Gasteiger partial charge on any atom is 0.323 e. The van der Waals surface area contributed by atoms with Crippen molar-refractivity contribution < 1.29 is 4.79 Å². The predicted octanol–water partition coefficient (Wildman–Crippen LogP) is 3.43. The summed E-state index contributed by atoms with van der Waals surface area (Å²) in [6, 6.07) is 8.97. The normalized spacial score (nSPS) is 13.8. The Morgan fingerprint density at radius 3 is 2.58 bits per heavy atom. The van der Waals surface area contributed by atoms with E-state index >= 15 is 0 Å². The van der Waals surface area contributed by atoms with E-state index in [9.17, 15) is 9.59 Å². The maximum absolute atomic E-state index is 13.0. The van der Waals surface area contributed by atoms with Gasteiger partial charge in [0, 0.05) is 41.7 Å². The van der Waals surface area contributed by atoms with E-state index in [-0.39, 0.29) is 36.4 Å². The Hall–Kier alpha value is -2.17. The third-order valence-electron chi connectivity index (χ3n) is 4.87. The lowest BCUT2D eigenvalue weighted by Crippen LogP contribution is -2.46. The Bertz CT molecular complexity index is 1300. The van der Waals surface area contributed by atoms with Crippen molar-refractivity contribution >= 4 is 76.2 Å². The van der Waals surface area contributed by atoms with Crippen molar-refractivity contribution in [2.24, 2.45) is 0 Å². The second kappa shape index (κ2) is 9.54. The molecule has 1 saturated heterocycles. The number of nitrogens with zero attached hydrogens (tertiary/aromatic N) is 2. The molecule has 1 aliphatic heterocycles. The van der Waals surface area contributed by atoms with Crippen LogP contribution in [-0.2, 0) is 0 Å². The van der Waals surface area contributed by atoms with E-state index in [0.717, 1.165) is 29.0 Å². The number of hydrogen-bond acceptors (Lipinski definition) is 5. The number of rotatable bonds is 3. The van der Waals surface area contributed by atoms with Crippen molar-refractivity contribution in [1.82, 2.24) is 30.2 Å². The lowest BCUT2D eigenvalue weighted by atomic mass is 10.1. The van der Waals surface area contributed by atoms with Crippen LogP contribution in [0.2, 0.25) is 5.02 Å². The average molecular weight is 502 g/mol. The van der Waals surface area contributed by atoms with Gasteiger partial charge in [0.05, 0.1) is 22.1 Å². The average Bonchev–Trinajstić information content (AvgIpc) is 3.29. The number of carbonyl (C=O) groups excluding carboxylic acids is 1. The van der Waals surface area contributed by atoms with Gasteiger partial charge in [-0.15, -0.1) is 24.8 Å². The molecule has 1 fully saturated rings. The van der Waals surface area contributed by atoms with Crippen molar-refractivity contribution in [1.29, 1.82) is 0 Å². The number of imidazole rings is 2. The van der Waals surface area contributed by atoms with Crippen molar-refractivity contribution in [3.63, 3.8) is 0 Å². The molecule has 1 amide bonds. The molecule has 0 spiro atoms. The molecule has 4 aromatic rings. The number of H-pyrrole nitrogens is 3. The van der Waals surface area contributed by atoms with Gasteiger partial charge in [-0.2, -0.15) is 0 Å². The van der Waals surface area contributed by atoms with Crippen LogP contribution in [0, 0.1) is 0 Å². The quantitative estimate of drug-likeness (QED) is 0.344. The summed E-state index contributed by atoms with van der Waals surface area (Å²) in [5, 5.41) is 4.52. The Morgan fingerprint density at radius 1 is 1.03 bits per heavy atom. The Balaban J connectivity index is 0.00000136. The minimum atomic E-state index is -0.315. The van der Waals surface area contributed by atoms with Gasteiger partial charge in [-0.1, -0.05) is 11.6 Å². The number of amides is 1. The number of fused-ring (bicyclic) bond motifs is 2. The third kappa shape index (κ3) is 4.70. The van der Waals surface area contributed by atoms with E-state index in [1.165, 1.54) is 11.8 Å². The molecule has 3 heterocycles. The highest BCUT2D eigenvalue weighted by atomic mass is 35.5. The zero-order valence-corrected chi connectivity index (χ0v) is 19.2. The SMILES string of the molecule is Cl.Cl.O=C(c1cc(Sc2nc3ccc(Cl)cc3[nH]2)c2[nH]c(=O)[nH]c2c1)N1CCNCC1. The van der Waals surface area contributed by atoms with Gasteiger partial charge in [-0.3, -0.25) is 4.79 Å². The lowest BCUT2D eigenvalue weighted by Gasteiger charge is -2.27. The van der Waals surface area contributed by atoms with E-state index in [0.29, 0.717) is 39.9 Å². The van der Waals surface area contributed by atoms with Crippen molar-refractivity contribution in [3.05, 3.63) is 51.4 Å². The molecule has 8 nitrogen and oxygen atoms in total. The van der Waals surface area contributed by atoms with E-state index in [1.54, 1.807) is 18.2 Å². The summed E-state index contributed by atoms with van der Waals surface area (Å²) in [5.74, 6) is -0.0475.